The zero-order valence-corrected chi connectivity index (χ0v) is 15.7. The van der Waals surface area contributed by atoms with E-state index in [-0.39, 0.29) is 5.91 Å². The molecule has 0 saturated heterocycles. The second-order valence-corrected chi connectivity index (χ2v) is 6.46. The maximum Gasteiger partial charge on any atom is 0.224 e. The van der Waals surface area contributed by atoms with Gasteiger partial charge in [-0.15, -0.1) is 0 Å². The molecule has 0 radical (unpaired) electrons. The molecule has 2 heterocycles. The number of anilines is 1. The number of nitrogens with zero attached hydrogens (tertiary/aromatic N) is 3. The maximum absolute atomic E-state index is 12.2. The van der Waals surface area contributed by atoms with Gasteiger partial charge in [-0.25, -0.2) is 9.97 Å². The van der Waals surface area contributed by atoms with Crippen molar-refractivity contribution < 1.29 is 9.53 Å². The van der Waals surface area contributed by atoms with E-state index in [1.54, 1.807) is 18.2 Å². The van der Waals surface area contributed by atoms with E-state index in [4.69, 9.17) is 4.74 Å². The standard InChI is InChI=1S/C23H20N4O2/c28-22(13-8-18-6-2-1-3-7-18)26-19-9-11-20(12-10-19)29-23-16-21(24-17-25-23)27-14-4-5-15-27/h1-7,9-12,14-17H,8,13H2,(H,26,28). The molecule has 0 saturated carbocycles. The van der Waals surface area contributed by atoms with Crippen LogP contribution in [-0.4, -0.2) is 20.4 Å². The second kappa shape index (κ2) is 8.84. The van der Waals surface area contributed by atoms with E-state index in [1.807, 2.05) is 71.6 Å². The lowest BCUT2D eigenvalue weighted by molar-refractivity contribution is -0.116. The van der Waals surface area contributed by atoms with Crippen LogP contribution in [0.2, 0.25) is 0 Å². The molecule has 1 N–H and O–H groups in total. The lowest BCUT2D eigenvalue weighted by atomic mass is 10.1. The van der Waals surface area contributed by atoms with Gasteiger partial charge in [0.2, 0.25) is 11.8 Å². The van der Waals surface area contributed by atoms with Crippen molar-refractivity contribution in [1.82, 2.24) is 14.5 Å². The minimum Gasteiger partial charge on any atom is -0.439 e. The third-order valence-corrected chi connectivity index (χ3v) is 4.34. The summed E-state index contributed by atoms with van der Waals surface area (Å²) in [7, 11) is 0. The molecule has 4 rings (SSSR count). The van der Waals surface area contributed by atoms with E-state index in [0.29, 0.717) is 24.5 Å². The van der Waals surface area contributed by atoms with Gasteiger partial charge in [0.15, 0.2) is 0 Å². The number of ether oxygens (including phenoxy) is 1. The predicted molar refractivity (Wildman–Crippen MR) is 111 cm³/mol. The van der Waals surface area contributed by atoms with E-state index < -0.39 is 0 Å². The molecule has 0 unspecified atom stereocenters. The van der Waals surface area contributed by atoms with Crippen LogP contribution in [0.5, 0.6) is 11.6 Å². The van der Waals surface area contributed by atoms with Crippen LogP contribution >= 0.6 is 0 Å². The fourth-order valence-electron chi connectivity index (χ4n) is 2.87. The van der Waals surface area contributed by atoms with Gasteiger partial charge < -0.3 is 14.6 Å². The molecule has 0 aliphatic carbocycles. The Morgan fingerprint density at radius 2 is 1.69 bits per heavy atom. The fraction of sp³-hybridized carbons (Fsp3) is 0.0870. The fourth-order valence-corrected chi connectivity index (χ4v) is 2.87. The van der Waals surface area contributed by atoms with E-state index in [0.717, 1.165) is 17.1 Å². The summed E-state index contributed by atoms with van der Waals surface area (Å²) in [4.78, 5) is 20.5. The Bertz CT molecular complexity index is 1060. The number of benzene rings is 2. The highest BCUT2D eigenvalue weighted by molar-refractivity contribution is 5.90. The summed E-state index contributed by atoms with van der Waals surface area (Å²) in [6.07, 6.45) is 6.42. The SMILES string of the molecule is O=C(CCc1ccccc1)Nc1ccc(Oc2cc(-n3cccc3)ncn2)cc1. The van der Waals surface area contributed by atoms with Gasteiger partial charge in [-0.05, 0) is 48.4 Å². The lowest BCUT2D eigenvalue weighted by Crippen LogP contribution is -2.12. The van der Waals surface area contributed by atoms with Gasteiger partial charge in [0, 0.05) is 30.6 Å². The van der Waals surface area contributed by atoms with Crippen LogP contribution in [0.25, 0.3) is 5.82 Å². The molecule has 144 valence electrons. The molecular formula is C23H20N4O2. The van der Waals surface area contributed by atoms with E-state index in [2.05, 4.69) is 15.3 Å². The van der Waals surface area contributed by atoms with E-state index in [9.17, 15) is 4.79 Å². The molecule has 1 amide bonds. The summed E-state index contributed by atoms with van der Waals surface area (Å²) in [6.45, 7) is 0. The number of carbonyl (C=O) groups is 1. The Kier molecular flexibility index (Phi) is 5.62. The second-order valence-electron chi connectivity index (χ2n) is 6.46. The Balaban J connectivity index is 1.33. The molecular weight excluding hydrogens is 364 g/mol. The van der Waals surface area contributed by atoms with E-state index in [1.165, 1.54) is 6.33 Å². The van der Waals surface area contributed by atoms with Crippen molar-refractivity contribution in [2.45, 2.75) is 12.8 Å². The van der Waals surface area contributed by atoms with E-state index >= 15 is 0 Å². The molecule has 6 nitrogen and oxygen atoms in total. The number of rotatable bonds is 7. The molecule has 2 aromatic heterocycles. The monoisotopic (exact) mass is 384 g/mol. The van der Waals surface area contributed by atoms with Gasteiger partial charge in [-0.2, -0.15) is 0 Å². The number of hydrogen-bond donors (Lipinski definition) is 1. The van der Waals surface area contributed by atoms with Crippen LogP contribution in [0.1, 0.15) is 12.0 Å². The van der Waals surface area contributed by atoms with Gasteiger partial charge >= 0.3 is 0 Å². The minimum absolute atomic E-state index is 0.0188. The number of aromatic nitrogens is 3. The summed E-state index contributed by atoms with van der Waals surface area (Å²) < 4.78 is 7.68. The van der Waals surface area contributed by atoms with Crippen LogP contribution in [-0.2, 0) is 11.2 Å². The number of nitrogens with one attached hydrogen (secondary N) is 1. The highest BCUT2D eigenvalue weighted by atomic mass is 16.5. The average Bonchev–Trinajstić information content (AvgIpc) is 3.30. The smallest absolute Gasteiger partial charge is 0.224 e. The first-order valence-corrected chi connectivity index (χ1v) is 9.33. The first kappa shape index (κ1) is 18.4. The minimum atomic E-state index is -0.0188. The van der Waals surface area contributed by atoms with Crippen molar-refractivity contribution >= 4 is 11.6 Å². The number of amides is 1. The molecule has 0 aliphatic heterocycles. The Hall–Kier alpha value is -3.93. The lowest BCUT2D eigenvalue weighted by Gasteiger charge is -2.09. The van der Waals surface area contributed by atoms with Crippen molar-refractivity contribution in [2.75, 3.05) is 5.32 Å². The molecule has 0 spiro atoms. The van der Waals surface area contributed by atoms with Crippen LogP contribution in [0.15, 0.2) is 91.5 Å². The van der Waals surface area contributed by atoms with Gasteiger partial charge in [-0.3, -0.25) is 4.79 Å². The molecule has 0 aliphatic rings. The summed E-state index contributed by atoms with van der Waals surface area (Å²) in [5.74, 6) is 1.78. The Labute approximate surface area is 168 Å². The van der Waals surface area contributed by atoms with Crippen LogP contribution in [0.3, 0.4) is 0 Å². The van der Waals surface area contributed by atoms with Crippen molar-refractivity contribution in [3.05, 3.63) is 97.1 Å². The largest absolute Gasteiger partial charge is 0.439 e. The van der Waals surface area contributed by atoms with Crippen molar-refractivity contribution in [1.29, 1.82) is 0 Å². The molecule has 0 atom stereocenters. The molecule has 29 heavy (non-hydrogen) atoms. The molecule has 0 bridgehead atoms. The summed E-state index contributed by atoms with van der Waals surface area (Å²) in [6, 6.07) is 22.8. The van der Waals surface area contributed by atoms with Crippen molar-refractivity contribution in [3.8, 4) is 17.4 Å². The number of aryl methyl sites for hydroxylation is 1. The molecule has 6 heteroatoms. The van der Waals surface area contributed by atoms with Gasteiger partial charge in [0.25, 0.3) is 0 Å². The normalized spacial score (nSPS) is 10.5. The van der Waals surface area contributed by atoms with Gasteiger partial charge in [0.1, 0.15) is 17.9 Å². The molecule has 0 fully saturated rings. The third kappa shape index (κ3) is 5.07. The molecule has 2 aromatic carbocycles. The zero-order valence-electron chi connectivity index (χ0n) is 15.7. The first-order valence-electron chi connectivity index (χ1n) is 9.33. The van der Waals surface area contributed by atoms with Crippen molar-refractivity contribution in [2.24, 2.45) is 0 Å². The highest BCUT2D eigenvalue weighted by Gasteiger charge is 2.06. The quantitative estimate of drug-likeness (QED) is 0.504. The first-order chi connectivity index (χ1) is 14.3. The Morgan fingerprint density at radius 3 is 2.45 bits per heavy atom. The average molecular weight is 384 g/mol. The number of hydrogen-bond acceptors (Lipinski definition) is 4. The van der Waals surface area contributed by atoms with Gasteiger partial charge in [-0.1, -0.05) is 30.3 Å². The highest BCUT2D eigenvalue weighted by Crippen LogP contribution is 2.22. The predicted octanol–water partition coefficient (Wildman–Crippen LogP) is 4.63. The third-order valence-electron chi connectivity index (χ3n) is 4.34. The van der Waals surface area contributed by atoms with Crippen LogP contribution in [0, 0.1) is 0 Å². The number of carbonyl (C=O) groups excluding carboxylic acids is 1. The molecule has 4 aromatic rings. The summed E-state index contributed by atoms with van der Waals surface area (Å²) in [5.41, 5.74) is 1.88. The summed E-state index contributed by atoms with van der Waals surface area (Å²) >= 11 is 0. The van der Waals surface area contributed by atoms with Gasteiger partial charge in [0.05, 0.1) is 0 Å². The maximum atomic E-state index is 12.2. The summed E-state index contributed by atoms with van der Waals surface area (Å²) in [5, 5.41) is 2.91. The zero-order chi connectivity index (χ0) is 19.9. The van der Waals surface area contributed by atoms with Crippen LogP contribution < -0.4 is 10.1 Å². The van der Waals surface area contributed by atoms with Crippen LogP contribution in [0.4, 0.5) is 5.69 Å². The topological polar surface area (TPSA) is 69.0 Å². The van der Waals surface area contributed by atoms with Crippen molar-refractivity contribution in [3.63, 3.8) is 0 Å². The Morgan fingerprint density at radius 1 is 0.931 bits per heavy atom.